The van der Waals surface area contributed by atoms with Gasteiger partial charge >= 0.3 is 0 Å². The van der Waals surface area contributed by atoms with E-state index in [1.807, 2.05) is 0 Å². The van der Waals surface area contributed by atoms with Crippen LogP contribution in [0.1, 0.15) is 10.5 Å². The van der Waals surface area contributed by atoms with Crippen LogP contribution < -0.4 is 5.32 Å². The third-order valence-electron chi connectivity index (χ3n) is 1.61. The molecule has 0 aromatic carbocycles. The van der Waals surface area contributed by atoms with Crippen LogP contribution in [0.25, 0.3) is 0 Å². The highest BCUT2D eigenvalue weighted by Crippen LogP contribution is 2.06. The van der Waals surface area contributed by atoms with Gasteiger partial charge in [-0.3, -0.25) is 9.89 Å². The minimum atomic E-state index is -0.330. The number of hydrogen-bond donors (Lipinski definition) is 2. The normalized spacial score (nSPS) is 9.93. The van der Waals surface area contributed by atoms with Crippen LogP contribution in [0.3, 0.4) is 0 Å². The number of H-pyrrole nitrogens is 1. The molecule has 0 saturated heterocycles. The predicted octanol–water partition coefficient (Wildman–Crippen LogP) is 1.11. The molecule has 7 heteroatoms. The zero-order chi connectivity index (χ0) is 10.7. The van der Waals surface area contributed by atoms with E-state index in [0.717, 1.165) is 0 Å². The van der Waals surface area contributed by atoms with Gasteiger partial charge in [0, 0.05) is 6.20 Å². The maximum atomic E-state index is 11.5. The van der Waals surface area contributed by atoms with Crippen LogP contribution >= 0.6 is 11.6 Å². The van der Waals surface area contributed by atoms with Crippen LogP contribution in [0.2, 0.25) is 5.15 Å². The SMILES string of the molecule is O=C(Nc1cnc(Cl)cn1)c1ccn[nH]1. The van der Waals surface area contributed by atoms with Gasteiger partial charge in [-0.1, -0.05) is 11.6 Å². The van der Waals surface area contributed by atoms with Crippen LogP contribution in [0.5, 0.6) is 0 Å². The lowest BCUT2D eigenvalue weighted by molar-refractivity contribution is 0.102. The van der Waals surface area contributed by atoms with Gasteiger partial charge in [0.15, 0.2) is 5.82 Å². The third-order valence-corrected chi connectivity index (χ3v) is 1.80. The van der Waals surface area contributed by atoms with Crippen molar-refractivity contribution in [2.75, 3.05) is 5.32 Å². The summed E-state index contributed by atoms with van der Waals surface area (Å²) in [6.07, 6.45) is 4.21. The summed E-state index contributed by atoms with van der Waals surface area (Å²) in [5.74, 6) is 0.00289. The molecule has 0 radical (unpaired) electrons. The summed E-state index contributed by atoms with van der Waals surface area (Å²) in [5, 5.41) is 8.99. The first kappa shape index (κ1) is 9.60. The number of carbonyl (C=O) groups is 1. The fraction of sp³-hybridized carbons (Fsp3) is 0. The summed E-state index contributed by atoms with van der Waals surface area (Å²) in [6.45, 7) is 0. The molecule has 2 rings (SSSR count). The van der Waals surface area contributed by atoms with E-state index in [4.69, 9.17) is 11.6 Å². The summed E-state index contributed by atoms with van der Waals surface area (Å²) in [6, 6.07) is 1.55. The van der Waals surface area contributed by atoms with Gasteiger partial charge in [0.2, 0.25) is 0 Å². The van der Waals surface area contributed by atoms with E-state index in [0.29, 0.717) is 11.5 Å². The molecule has 15 heavy (non-hydrogen) atoms. The molecule has 0 aliphatic carbocycles. The maximum Gasteiger partial charge on any atom is 0.274 e. The van der Waals surface area contributed by atoms with Gasteiger partial charge in [-0.25, -0.2) is 9.97 Å². The van der Waals surface area contributed by atoms with Gasteiger partial charge in [-0.2, -0.15) is 5.10 Å². The molecule has 0 aliphatic heterocycles. The number of rotatable bonds is 2. The topological polar surface area (TPSA) is 83.6 Å². The van der Waals surface area contributed by atoms with E-state index < -0.39 is 0 Å². The zero-order valence-corrected chi connectivity index (χ0v) is 8.19. The third kappa shape index (κ3) is 2.29. The van der Waals surface area contributed by atoms with Crippen LogP contribution in [0.4, 0.5) is 5.82 Å². The molecule has 2 heterocycles. The standard InChI is InChI=1S/C8H6ClN5O/c9-6-3-11-7(4-10-6)13-8(15)5-1-2-12-14-5/h1-4H,(H,12,14)(H,11,13,15). The molecule has 0 unspecified atom stereocenters. The largest absolute Gasteiger partial charge is 0.304 e. The molecule has 0 atom stereocenters. The average Bonchev–Trinajstić information content (AvgIpc) is 2.74. The van der Waals surface area contributed by atoms with Crippen LogP contribution in [0.15, 0.2) is 24.7 Å². The van der Waals surface area contributed by atoms with Gasteiger partial charge in [0.1, 0.15) is 10.8 Å². The van der Waals surface area contributed by atoms with Crippen molar-refractivity contribution in [3.63, 3.8) is 0 Å². The number of halogens is 1. The lowest BCUT2D eigenvalue weighted by Crippen LogP contribution is -2.13. The first-order valence-corrected chi connectivity index (χ1v) is 4.42. The smallest absolute Gasteiger partial charge is 0.274 e. The number of aromatic nitrogens is 4. The van der Waals surface area contributed by atoms with Crippen molar-refractivity contribution in [1.29, 1.82) is 0 Å². The molecular weight excluding hydrogens is 218 g/mol. The highest BCUT2D eigenvalue weighted by atomic mass is 35.5. The predicted molar refractivity (Wildman–Crippen MR) is 53.6 cm³/mol. The molecule has 1 amide bonds. The molecule has 6 nitrogen and oxygen atoms in total. The Morgan fingerprint density at radius 3 is 2.87 bits per heavy atom. The number of nitrogens with zero attached hydrogens (tertiary/aromatic N) is 3. The van der Waals surface area contributed by atoms with Gasteiger partial charge in [0.25, 0.3) is 5.91 Å². The van der Waals surface area contributed by atoms with E-state index in [-0.39, 0.29) is 11.1 Å². The Morgan fingerprint density at radius 2 is 2.27 bits per heavy atom. The fourth-order valence-electron chi connectivity index (χ4n) is 0.943. The molecular formula is C8H6ClN5O. The number of hydrogen-bond acceptors (Lipinski definition) is 4. The summed E-state index contributed by atoms with van der Waals surface area (Å²) in [5.41, 5.74) is 0.353. The number of aromatic amines is 1. The zero-order valence-electron chi connectivity index (χ0n) is 7.44. The molecule has 76 valence electrons. The Balaban J connectivity index is 2.09. The fourth-order valence-corrected chi connectivity index (χ4v) is 1.04. The van der Waals surface area contributed by atoms with E-state index in [1.54, 1.807) is 6.07 Å². The molecule has 2 aromatic heterocycles. The summed E-state index contributed by atoms with van der Waals surface area (Å²) < 4.78 is 0. The summed E-state index contributed by atoms with van der Waals surface area (Å²) in [4.78, 5) is 19.1. The minimum Gasteiger partial charge on any atom is -0.304 e. The first-order valence-electron chi connectivity index (χ1n) is 4.04. The number of anilines is 1. The van der Waals surface area contributed by atoms with Crippen molar-refractivity contribution in [3.05, 3.63) is 35.5 Å². The van der Waals surface area contributed by atoms with Gasteiger partial charge in [-0.15, -0.1) is 0 Å². The highest BCUT2D eigenvalue weighted by molar-refractivity contribution is 6.29. The van der Waals surface area contributed by atoms with E-state index in [1.165, 1.54) is 18.6 Å². The quantitative estimate of drug-likeness (QED) is 0.799. The van der Waals surface area contributed by atoms with Gasteiger partial charge < -0.3 is 5.32 Å². The minimum absolute atomic E-state index is 0.273. The van der Waals surface area contributed by atoms with Gasteiger partial charge in [0.05, 0.1) is 12.4 Å². The van der Waals surface area contributed by atoms with Crippen molar-refractivity contribution >= 4 is 23.3 Å². The second-order valence-corrected chi connectivity index (χ2v) is 3.04. The molecule has 0 bridgehead atoms. The van der Waals surface area contributed by atoms with Crippen molar-refractivity contribution in [2.45, 2.75) is 0 Å². The monoisotopic (exact) mass is 223 g/mol. The second-order valence-electron chi connectivity index (χ2n) is 2.65. The molecule has 0 spiro atoms. The van der Waals surface area contributed by atoms with E-state index in [2.05, 4.69) is 25.5 Å². The second kappa shape index (κ2) is 4.05. The number of carbonyl (C=O) groups excluding carboxylic acids is 1. The maximum absolute atomic E-state index is 11.5. The molecule has 0 fully saturated rings. The average molecular weight is 224 g/mol. The molecule has 0 aliphatic rings. The Hall–Kier alpha value is -1.95. The van der Waals surface area contributed by atoms with Crippen molar-refractivity contribution in [3.8, 4) is 0 Å². The Morgan fingerprint density at radius 1 is 1.40 bits per heavy atom. The van der Waals surface area contributed by atoms with Crippen molar-refractivity contribution < 1.29 is 4.79 Å². The van der Waals surface area contributed by atoms with E-state index >= 15 is 0 Å². The van der Waals surface area contributed by atoms with Gasteiger partial charge in [-0.05, 0) is 6.07 Å². The number of nitrogens with one attached hydrogen (secondary N) is 2. The highest BCUT2D eigenvalue weighted by Gasteiger charge is 2.07. The van der Waals surface area contributed by atoms with Crippen LogP contribution in [-0.4, -0.2) is 26.1 Å². The summed E-state index contributed by atoms with van der Waals surface area (Å²) in [7, 11) is 0. The van der Waals surface area contributed by atoms with E-state index in [9.17, 15) is 4.79 Å². The van der Waals surface area contributed by atoms with Crippen molar-refractivity contribution in [1.82, 2.24) is 20.2 Å². The van der Waals surface area contributed by atoms with Crippen molar-refractivity contribution in [2.24, 2.45) is 0 Å². The van der Waals surface area contributed by atoms with Crippen LogP contribution in [0, 0.1) is 0 Å². The Bertz CT molecular complexity index is 452. The Labute approximate surface area is 89.7 Å². The first-order chi connectivity index (χ1) is 7.25. The number of amides is 1. The molecule has 2 aromatic rings. The molecule has 2 N–H and O–H groups in total. The summed E-state index contributed by atoms with van der Waals surface area (Å²) >= 11 is 5.55. The lowest BCUT2D eigenvalue weighted by atomic mass is 10.4. The molecule has 0 saturated carbocycles. The lowest BCUT2D eigenvalue weighted by Gasteiger charge is -2.00. The van der Waals surface area contributed by atoms with Crippen LogP contribution in [-0.2, 0) is 0 Å². The Kier molecular flexibility index (Phi) is 2.59.